The average Bonchev–Trinajstić information content (AvgIpc) is 3.22. The molecule has 4 rings (SSSR count). The van der Waals surface area contributed by atoms with Crippen LogP contribution in [0.3, 0.4) is 0 Å². The molecule has 0 bridgehead atoms. The Labute approximate surface area is 213 Å². The van der Waals surface area contributed by atoms with Crippen LogP contribution in [-0.2, 0) is 12.0 Å². The smallest absolute Gasteiger partial charge is 0.430 e. The molecule has 0 aliphatic carbocycles. The van der Waals surface area contributed by atoms with E-state index >= 15 is 0 Å². The van der Waals surface area contributed by atoms with E-state index in [0.29, 0.717) is 22.8 Å². The van der Waals surface area contributed by atoms with Crippen LogP contribution in [0.1, 0.15) is 22.1 Å². The highest BCUT2D eigenvalue weighted by Crippen LogP contribution is 2.50. The molecule has 2 heterocycles. The third-order valence-corrected chi connectivity index (χ3v) is 6.81. The van der Waals surface area contributed by atoms with Crippen molar-refractivity contribution in [2.24, 2.45) is 0 Å². The third kappa shape index (κ3) is 4.66. The fraction of sp³-hybridized carbons (Fsp3) is 0.261. The Hall–Kier alpha value is -3.16. The van der Waals surface area contributed by atoms with E-state index in [0.717, 1.165) is 16.7 Å². The molecule has 0 spiro atoms. The second kappa shape index (κ2) is 9.30. The summed E-state index contributed by atoms with van der Waals surface area (Å²) in [5.41, 5.74) is -6.38. The molecule has 6 nitrogen and oxygen atoms in total. The quantitative estimate of drug-likeness (QED) is 0.315. The van der Waals surface area contributed by atoms with Crippen molar-refractivity contribution in [3.8, 4) is 11.4 Å². The van der Waals surface area contributed by atoms with E-state index in [4.69, 9.17) is 16.3 Å². The minimum absolute atomic E-state index is 0.0332. The number of rotatable bonds is 5. The minimum atomic E-state index is -6.04. The van der Waals surface area contributed by atoms with Gasteiger partial charge < -0.3 is 9.84 Å². The Bertz CT molecular complexity index is 1520. The lowest BCUT2D eigenvalue weighted by molar-refractivity contribution is -0.376. The van der Waals surface area contributed by atoms with Gasteiger partial charge in [-0.3, -0.25) is 9.36 Å². The van der Waals surface area contributed by atoms with Crippen molar-refractivity contribution in [3.05, 3.63) is 79.2 Å². The molecule has 0 unspecified atom stereocenters. The highest BCUT2D eigenvalue weighted by Gasteiger charge is 2.71. The molecule has 0 amide bonds. The minimum Gasteiger partial charge on any atom is -0.495 e. The molecule has 0 fully saturated rings. The van der Waals surface area contributed by atoms with E-state index in [1.807, 2.05) is 0 Å². The Morgan fingerprint density at radius 2 is 1.68 bits per heavy atom. The maximum absolute atomic E-state index is 13.5. The standard InChI is InChI=1S/C23H16ClF6N3O3S/c1-11-10-37-19(31-11)9-18-32-16-8-17(36-2)15(24)7-14(16)20(34)33(18)13-5-3-12(4-6-13)21(35,22(25,26)27)23(28,29)30/h3-8,10,35H,9H2,1-2H3. The summed E-state index contributed by atoms with van der Waals surface area (Å²) in [4.78, 5) is 22.3. The van der Waals surface area contributed by atoms with E-state index in [2.05, 4.69) is 9.97 Å². The lowest BCUT2D eigenvalue weighted by Crippen LogP contribution is -2.53. The van der Waals surface area contributed by atoms with Crippen LogP contribution < -0.4 is 10.3 Å². The zero-order chi connectivity index (χ0) is 27.3. The van der Waals surface area contributed by atoms with Crippen LogP contribution >= 0.6 is 22.9 Å². The number of halogens is 7. The maximum Gasteiger partial charge on any atom is 0.430 e. The highest BCUT2D eigenvalue weighted by molar-refractivity contribution is 7.09. The Morgan fingerprint density at radius 3 is 2.19 bits per heavy atom. The van der Waals surface area contributed by atoms with Gasteiger partial charge >= 0.3 is 12.4 Å². The van der Waals surface area contributed by atoms with Gasteiger partial charge in [-0.2, -0.15) is 26.3 Å². The summed E-state index contributed by atoms with van der Waals surface area (Å²) >= 11 is 7.44. The maximum atomic E-state index is 13.5. The number of nitrogens with zero attached hydrogens (tertiary/aromatic N) is 3. The topological polar surface area (TPSA) is 77.2 Å². The number of ether oxygens (including phenoxy) is 1. The van der Waals surface area contributed by atoms with Crippen molar-refractivity contribution < 1.29 is 36.2 Å². The zero-order valence-corrected chi connectivity index (χ0v) is 20.5. The molecule has 0 saturated carbocycles. The SMILES string of the molecule is COc1cc2nc(Cc3nc(C)cs3)n(-c3ccc(C(O)(C(F)(F)F)C(F)(F)F)cc3)c(=O)c2cc1Cl. The largest absolute Gasteiger partial charge is 0.495 e. The number of benzene rings is 2. The van der Waals surface area contributed by atoms with Gasteiger partial charge in [-0.25, -0.2) is 9.97 Å². The van der Waals surface area contributed by atoms with Gasteiger partial charge in [0.1, 0.15) is 16.6 Å². The molecule has 0 aliphatic heterocycles. The number of aliphatic hydroxyl groups is 1. The van der Waals surface area contributed by atoms with Crippen molar-refractivity contribution in [3.63, 3.8) is 0 Å². The van der Waals surface area contributed by atoms with Crippen LogP contribution in [0.4, 0.5) is 26.3 Å². The van der Waals surface area contributed by atoms with Crippen LogP contribution in [0.2, 0.25) is 5.02 Å². The van der Waals surface area contributed by atoms with E-state index in [1.54, 1.807) is 12.3 Å². The van der Waals surface area contributed by atoms with Gasteiger partial charge in [0.25, 0.3) is 11.2 Å². The molecule has 196 valence electrons. The number of methoxy groups -OCH3 is 1. The predicted octanol–water partition coefficient (Wildman–Crippen LogP) is 5.72. The summed E-state index contributed by atoms with van der Waals surface area (Å²) in [5, 5.41) is 12.2. The molecule has 2 aromatic carbocycles. The predicted molar refractivity (Wildman–Crippen MR) is 125 cm³/mol. The van der Waals surface area contributed by atoms with Gasteiger partial charge in [-0.15, -0.1) is 11.3 Å². The van der Waals surface area contributed by atoms with Gasteiger partial charge in [0, 0.05) is 22.7 Å². The normalized spacial score (nSPS) is 12.8. The number of hydrogen-bond donors (Lipinski definition) is 1. The van der Waals surface area contributed by atoms with Crippen molar-refractivity contribution in [2.75, 3.05) is 7.11 Å². The number of fused-ring (bicyclic) bond motifs is 1. The molecular formula is C23H16ClF6N3O3S. The second-order valence-electron chi connectivity index (χ2n) is 7.98. The van der Waals surface area contributed by atoms with Gasteiger partial charge in [0.05, 0.1) is 35.1 Å². The fourth-order valence-electron chi connectivity index (χ4n) is 3.73. The monoisotopic (exact) mass is 563 g/mol. The first-order chi connectivity index (χ1) is 17.2. The number of aryl methyl sites for hydroxylation is 1. The van der Waals surface area contributed by atoms with Gasteiger partial charge in [0.15, 0.2) is 0 Å². The van der Waals surface area contributed by atoms with E-state index in [-0.39, 0.29) is 39.6 Å². The van der Waals surface area contributed by atoms with Gasteiger partial charge in [-0.05, 0) is 25.1 Å². The molecule has 14 heteroatoms. The van der Waals surface area contributed by atoms with E-state index in [1.165, 1.54) is 30.6 Å². The molecule has 0 aliphatic rings. The van der Waals surface area contributed by atoms with Crippen molar-refractivity contribution >= 4 is 33.8 Å². The lowest BCUT2D eigenvalue weighted by atomic mass is 9.92. The molecule has 4 aromatic rings. The summed E-state index contributed by atoms with van der Waals surface area (Å²) < 4.78 is 86.0. The first-order valence-electron chi connectivity index (χ1n) is 10.3. The van der Waals surface area contributed by atoms with Crippen LogP contribution in [0.25, 0.3) is 16.6 Å². The average molecular weight is 564 g/mol. The lowest BCUT2D eigenvalue weighted by Gasteiger charge is -2.32. The van der Waals surface area contributed by atoms with Crippen LogP contribution in [0.5, 0.6) is 5.75 Å². The third-order valence-electron chi connectivity index (χ3n) is 5.55. The van der Waals surface area contributed by atoms with Crippen LogP contribution in [0.15, 0.2) is 46.6 Å². The summed E-state index contributed by atoms with van der Waals surface area (Å²) in [6.07, 6.45) is -12.1. The molecule has 2 aromatic heterocycles. The van der Waals surface area contributed by atoms with Crippen molar-refractivity contribution in [1.82, 2.24) is 14.5 Å². The van der Waals surface area contributed by atoms with E-state index in [9.17, 15) is 36.2 Å². The Morgan fingerprint density at radius 1 is 1.05 bits per heavy atom. The summed E-state index contributed by atoms with van der Waals surface area (Å²) in [6.45, 7) is 1.76. The van der Waals surface area contributed by atoms with Gasteiger partial charge in [-0.1, -0.05) is 23.7 Å². The molecule has 37 heavy (non-hydrogen) atoms. The first kappa shape index (κ1) is 26.9. The van der Waals surface area contributed by atoms with Crippen molar-refractivity contribution in [1.29, 1.82) is 0 Å². The summed E-state index contributed by atoms with van der Waals surface area (Å²) in [6, 6.07) is 5.41. The second-order valence-corrected chi connectivity index (χ2v) is 9.33. The Balaban J connectivity index is 1.93. The first-order valence-corrected chi connectivity index (χ1v) is 11.6. The fourth-order valence-corrected chi connectivity index (χ4v) is 4.74. The number of thiazole rings is 1. The summed E-state index contributed by atoms with van der Waals surface area (Å²) in [7, 11) is 1.37. The number of alkyl halides is 6. The molecular weight excluding hydrogens is 548 g/mol. The number of hydrogen-bond acceptors (Lipinski definition) is 6. The molecule has 0 radical (unpaired) electrons. The molecule has 1 N–H and O–H groups in total. The van der Waals surface area contributed by atoms with Crippen LogP contribution in [-0.4, -0.2) is 39.1 Å². The van der Waals surface area contributed by atoms with Gasteiger partial charge in [0.2, 0.25) is 0 Å². The Kier molecular flexibility index (Phi) is 6.76. The summed E-state index contributed by atoms with van der Waals surface area (Å²) in [5.74, 6) is 0.365. The van der Waals surface area contributed by atoms with Crippen molar-refractivity contribution in [2.45, 2.75) is 31.3 Å². The number of aromatic nitrogens is 3. The van der Waals surface area contributed by atoms with E-state index < -0.39 is 29.1 Å². The van der Waals surface area contributed by atoms with Crippen LogP contribution in [0, 0.1) is 6.92 Å². The molecule has 0 atom stereocenters. The zero-order valence-electron chi connectivity index (χ0n) is 18.9. The molecule has 0 saturated heterocycles. The highest BCUT2D eigenvalue weighted by atomic mass is 35.5.